The summed E-state index contributed by atoms with van der Waals surface area (Å²) in [6.45, 7) is 4.04. The van der Waals surface area contributed by atoms with Gasteiger partial charge in [-0.1, -0.05) is 48.5 Å². The van der Waals surface area contributed by atoms with Crippen LogP contribution in [-0.4, -0.2) is 4.98 Å². The molecule has 1 aromatic heterocycles. The molecule has 0 fully saturated rings. The van der Waals surface area contributed by atoms with E-state index in [1.165, 1.54) is 0 Å². The van der Waals surface area contributed by atoms with Crippen molar-refractivity contribution < 1.29 is 0 Å². The smallest absolute Gasteiger partial charge is 0.0941 e. The van der Waals surface area contributed by atoms with Crippen LogP contribution >= 0.6 is 0 Å². The molecule has 0 atom stereocenters. The van der Waals surface area contributed by atoms with E-state index in [-0.39, 0.29) is 0 Å². The third kappa shape index (κ3) is 4.79. The normalized spacial score (nSPS) is 11.6. The number of fused-ring (bicyclic) bond motifs is 1. The Kier molecular flexibility index (Phi) is 5.99. The molecule has 0 saturated carbocycles. The summed E-state index contributed by atoms with van der Waals surface area (Å²) < 4.78 is 0. The first kappa shape index (κ1) is 21.3. The number of rotatable bonds is 5. The molecule has 0 aliphatic heterocycles. The van der Waals surface area contributed by atoms with E-state index in [1.54, 1.807) is 0 Å². The summed E-state index contributed by atoms with van der Waals surface area (Å²) in [5.41, 5.74) is 9.63. The Morgan fingerprint density at radius 2 is 0.971 bits per heavy atom. The van der Waals surface area contributed by atoms with Crippen molar-refractivity contribution in [1.82, 2.24) is 4.98 Å². The minimum Gasteiger partial charge on any atom is -0.258 e. The number of azo groups is 2. The Morgan fingerprint density at radius 3 is 1.59 bits per heavy atom. The van der Waals surface area contributed by atoms with Crippen LogP contribution in [0.15, 0.2) is 124 Å². The van der Waals surface area contributed by atoms with Gasteiger partial charge in [-0.05, 0) is 85.1 Å². The molecule has 0 bridgehead atoms. The second kappa shape index (κ2) is 9.55. The predicted molar refractivity (Wildman–Crippen MR) is 137 cm³/mol. The zero-order valence-corrected chi connectivity index (χ0v) is 19.1. The molecule has 0 unspecified atom stereocenters. The number of aryl methyl sites for hydroxylation is 2. The molecule has 5 heteroatoms. The lowest BCUT2D eigenvalue weighted by atomic mass is 10.0. The highest BCUT2D eigenvalue weighted by molar-refractivity contribution is 5.94. The van der Waals surface area contributed by atoms with Crippen molar-refractivity contribution in [3.8, 4) is 22.3 Å². The summed E-state index contributed by atoms with van der Waals surface area (Å²) in [5.74, 6) is 0. The highest BCUT2D eigenvalue weighted by atomic mass is 15.1. The molecule has 5 rings (SSSR count). The molecule has 0 amide bonds. The molecule has 164 valence electrons. The summed E-state index contributed by atoms with van der Waals surface area (Å²) in [6, 6.07) is 33.9. The van der Waals surface area contributed by atoms with Crippen molar-refractivity contribution in [2.24, 2.45) is 20.5 Å². The second-order valence-electron chi connectivity index (χ2n) is 8.07. The first-order valence-electron chi connectivity index (χ1n) is 11.1. The molecular weight excluding hydrogens is 418 g/mol. The van der Waals surface area contributed by atoms with Gasteiger partial charge >= 0.3 is 0 Å². The summed E-state index contributed by atoms with van der Waals surface area (Å²) in [4.78, 5) is 4.52. The van der Waals surface area contributed by atoms with Crippen LogP contribution in [0.3, 0.4) is 0 Å². The molecule has 1 heterocycles. The van der Waals surface area contributed by atoms with E-state index in [9.17, 15) is 0 Å². The molecule has 0 saturated heterocycles. The van der Waals surface area contributed by atoms with Gasteiger partial charge in [-0.3, -0.25) is 4.98 Å². The zero-order chi connectivity index (χ0) is 23.3. The van der Waals surface area contributed by atoms with E-state index >= 15 is 0 Å². The van der Waals surface area contributed by atoms with Gasteiger partial charge < -0.3 is 0 Å². The third-order valence-corrected chi connectivity index (χ3v) is 5.44. The zero-order valence-electron chi connectivity index (χ0n) is 19.1. The first-order valence-corrected chi connectivity index (χ1v) is 11.1. The van der Waals surface area contributed by atoms with E-state index in [4.69, 9.17) is 0 Å². The van der Waals surface area contributed by atoms with Crippen LogP contribution in [0.25, 0.3) is 22.3 Å². The third-order valence-electron chi connectivity index (χ3n) is 5.44. The number of nitrogens with zero attached hydrogens (tertiary/aromatic N) is 5. The maximum Gasteiger partial charge on any atom is 0.0941 e. The fourth-order valence-electron chi connectivity index (χ4n) is 3.92. The van der Waals surface area contributed by atoms with Gasteiger partial charge in [0.25, 0.3) is 0 Å². The average Bonchev–Trinajstić information content (AvgIpc) is 3.01. The van der Waals surface area contributed by atoms with E-state index in [0.717, 1.165) is 56.4 Å². The van der Waals surface area contributed by atoms with Gasteiger partial charge in [0.2, 0.25) is 0 Å². The molecule has 0 radical (unpaired) electrons. The Morgan fingerprint density at radius 1 is 0.471 bits per heavy atom. The molecule has 2 aliphatic carbocycles. The van der Waals surface area contributed by atoms with Crippen molar-refractivity contribution in [1.29, 1.82) is 0 Å². The molecular formula is C29H23N5. The molecule has 0 spiro atoms. The number of hydrogen-bond acceptors (Lipinski definition) is 5. The Balaban J connectivity index is 1.44. The van der Waals surface area contributed by atoms with Gasteiger partial charge in [0.1, 0.15) is 0 Å². The van der Waals surface area contributed by atoms with Gasteiger partial charge in [0, 0.05) is 17.0 Å². The fraction of sp³-hybridized carbons (Fsp3) is 0.0690. The van der Waals surface area contributed by atoms with Crippen LogP contribution < -0.4 is 0 Å². The number of hydrogen-bond donors (Lipinski definition) is 0. The molecule has 5 nitrogen and oxygen atoms in total. The SMILES string of the molecule is Cc1cc(-c2cc(N=Nc3ccc(N=Nc4ccccc4)cc3)c3cccccc2-3)cc(C)n1. The Hall–Kier alpha value is -4.51. The summed E-state index contributed by atoms with van der Waals surface area (Å²) in [5, 5.41) is 17.6. The number of pyridine rings is 1. The highest BCUT2D eigenvalue weighted by Gasteiger charge is 2.16. The standard InChI is InChI=1S/C29H23N5/c1-20-17-22(18-21(2)30-20)28-19-29(27-12-8-4-7-11-26(27)28)34-33-25-15-13-24(14-16-25)32-31-23-9-5-3-6-10-23/h3-19H,1-2H3. The Bertz CT molecular complexity index is 1430. The van der Waals surface area contributed by atoms with Gasteiger partial charge in [0.05, 0.1) is 22.7 Å². The molecule has 2 aromatic carbocycles. The molecule has 0 N–H and O–H groups in total. The van der Waals surface area contributed by atoms with Crippen LogP contribution in [0, 0.1) is 13.8 Å². The second-order valence-corrected chi connectivity index (χ2v) is 8.07. The average molecular weight is 442 g/mol. The van der Waals surface area contributed by atoms with Gasteiger partial charge in [-0.15, -0.1) is 5.11 Å². The maximum atomic E-state index is 4.60. The van der Waals surface area contributed by atoms with E-state index < -0.39 is 0 Å². The van der Waals surface area contributed by atoms with Crippen molar-refractivity contribution in [3.05, 3.63) is 115 Å². The van der Waals surface area contributed by atoms with Crippen molar-refractivity contribution in [2.75, 3.05) is 0 Å². The maximum absolute atomic E-state index is 4.60. The molecule has 2 aliphatic rings. The summed E-state index contributed by atoms with van der Waals surface area (Å²) >= 11 is 0. The highest BCUT2D eigenvalue weighted by Crippen LogP contribution is 2.43. The van der Waals surface area contributed by atoms with Crippen molar-refractivity contribution in [3.63, 3.8) is 0 Å². The molecule has 34 heavy (non-hydrogen) atoms. The lowest BCUT2D eigenvalue weighted by Gasteiger charge is -2.05. The number of aromatic nitrogens is 1. The van der Waals surface area contributed by atoms with Gasteiger partial charge in [-0.25, -0.2) is 0 Å². The Labute approximate surface area is 198 Å². The van der Waals surface area contributed by atoms with Crippen LogP contribution in [0.4, 0.5) is 22.7 Å². The van der Waals surface area contributed by atoms with E-state index in [2.05, 4.69) is 61.8 Å². The largest absolute Gasteiger partial charge is 0.258 e. The predicted octanol–water partition coefficient (Wildman–Crippen LogP) is 9.30. The van der Waals surface area contributed by atoms with E-state index in [0.29, 0.717) is 0 Å². The lowest BCUT2D eigenvalue weighted by Crippen LogP contribution is -1.87. The van der Waals surface area contributed by atoms with Crippen molar-refractivity contribution >= 4 is 22.7 Å². The fourth-order valence-corrected chi connectivity index (χ4v) is 3.92. The quantitative estimate of drug-likeness (QED) is 0.251. The monoisotopic (exact) mass is 441 g/mol. The van der Waals surface area contributed by atoms with Crippen LogP contribution in [-0.2, 0) is 0 Å². The molecule has 3 aromatic rings. The van der Waals surface area contributed by atoms with Crippen LogP contribution in [0.5, 0.6) is 0 Å². The van der Waals surface area contributed by atoms with E-state index in [1.807, 2.05) is 80.6 Å². The number of benzene rings is 2. The minimum absolute atomic E-state index is 0.755. The topological polar surface area (TPSA) is 62.3 Å². The van der Waals surface area contributed by atoms with Gasteiger partial charge in [-0.2, -0.15) is 15.3 Å². The minimum atomic E-state index is 0.755. The van der Waals surface area contributed by atoms with Crippen LogP contribution in [0.1, 0.15) is 11.4 Å². The van der Waals surface area contributed by atoms with Crippen LogP contribution in [0.2, 0.25) is 0 Å². The first-order chi connectivity index (χ1) is 16.7. The van der Waals surface area contributed by atoms with Crippen molar-refractivity contribution in [2.45, 2.75) is 13.8 Å². The summed E-state index contributed by atoms with van der Waals surface area (Å²) in [6.07, 6.45) is 0. The van der Waals surface area contributed by atoms with Gasteiger partial charge in [0.15, 0.2) is 0 Å². The summed E-state index contributed by atoms with van der Waals surface area (Å²) in [7, 11) is 0. The lowest BCUT2D eigenvalue weighted by molar-refractivity contribution is 1.12.